The molecule has 0 saturated heterocycles. The van der Waals surface area contributed by atoms with Gasteiger partial charge in [-0.25, -0.2) is 13.4 Å². The summed E-state index contributed by atoms with van der Waals surface area (Å²) in [5.41, 5.74) is 7.14. The van der Waals surface area contributed by atoms with Gasteiger partial charge in [0.2, 0.25) is 5.95 Å². The third kappa shape index (κ3) is 3.51. The molecule has 3 N–H and O–H groups in total. The molecule has 0 aliphatic rings. The first-order valence-corrected chi connectivity index (χ1v) is 8.87. The number of sulfone groups is 1. The quantitative estimate of drug-likeness (QED) is 0.856. The summed E-state index contributed by atoms with van der Waals surface area (Å²) in [6, 6.07) is 4.84. The molecule has 0 spiro atoms. The Bertz CT molecular complexity index is 778. The molecule has 0 fully saturated rings. The lowest BCUT2D eigenvalue weighted by molar-refractivity contribution is 0.602. The van der Waals surface area contributed by atoms with Gasteiger partial charge in [0.15, 0.2) is 9.84 Å². The number of hydrogen-bond donors (Lipinski definition) is 2. The monoisotopic (exact) mass is 370 g/mol. The number of nitrogens with two attached hydrogens (primary N) is 1. The van der Waals surface area contributed by atoms with Crippen molar-refractivity contribution in [3.05, 3.63) is 28.9 Å². The van der Waals surface area contributed by atoms with Gasteiger partial charge in [-0.1, -0.05) is 22.0 Å². The molecule has 0 aliphatic carbocycles. The van der Waals surface area contributed by atoms with Crippen molar-refractivity contribution in [3.63, 3.8) is 0 Å². The van der Waals surface area contributed by atoms with E-state index in [-0.39, 0.29) is 10.8 Å². The average molecular weight is 371 g/mol. The van der Waals surface area contributed by atoms with E-state index in [0.29, 0.717) is 16.8 Å². The van der Waals surface area contributed by atoms with Gasteiger partial charge >= 0.3 is 0 Å². The Morgan fingerprint density at radius 2 is 2.05 bits per heavy atom. The lowest BCUT2D eigenvalue weighted by atomic mass is 10.1. The summed E-state index contributed by atoms with van der Waals surface area (Å²) < 4.78 is 23.8. The Morgan fingerprint density at radius 1 is 1.33 bits per heavy atom. The summed E-state index contributed by atoms with van der Waals surface area (Å²) in [5, 5.41) is 3.12. The van der Waals surface area contributed by atoms with E-state index in [0.717, 1.165) is 11.1 Å². The predicted molar refractivity (Wildman–Crippen MR) is 86.9 cm³/mol. The van der Waals surface area contributed by atoms with Crippen molar-refractivity contribution in [1.29, 1.82) is 0 Å². The largest absolute Gasteiger partial charge is 0.370 e. The molecule has 0 saturated carbocycles. The normalized spacial score (nSPS) is 11.4. The minimum atomic E-state index is -3.25. The van der Waals surface area contributed by atoms with Crippen molar-refractivity contribution in [2.45, 2.75) is 11.8 Å². The summed E-state index contributed by atoms with van der Waals surface area (Å²) in [6.07, 6.45) is 2.78. The molecule has 6 nitrogen and oxygen atoms in total. The molecule has 8 heteroatoms. The summed E-state index contributed by atoms with van der Waals surface area (Å²) in [5.74, 6) is 0.788. The molecular weight excluding hydrogens is 356 g/mol. The van der Waals surface area contributed by atoms with E-state index in [1.54, 1.807) is 24.4 Å². The molecular formula is C13H15BrN4O2S. The van der Waals surface area contributed by atoms with Crippen molar-refractivity contribution in [2.75, 3.05) is 23.9 Å². The molecule has 1 heterocycles. The molecule has 2 rings (SSSR count). The van der Waals surface area contributed by atoms with E-state index >= 15 is 0 Å². The van der Waals surface area contributed by atoms with Crippen LogP contribution < -0.4 is 11.1 Å². The van der Waals surface area contributed by atoms with Crippen LogP contribution in [-0.2, 0) is 9.84 Å². The second-order valence-electron chi connectivity index (χ2n) is 4.43. The van der Waals surface area contributed by atoms with Gasteiger partial charge in [-0.05, 0) is 19.1 Å². The third-order valence-corrected chi connectivity index (χ3v) is 4.58. The standard InChI is InChI=1S/C13H15BrN4O2S/c1-3-16-12-10(7-17-13(15)18-12)9-5-4-8(6-11(9)14)21(2,19)20/h4-7H,3H2,1-2H3,(H3,15,16,17,18). The highest BCUT2D eigenvalue weighted by molar-refractivity contribution is 9.10. The average Bonchev–Trinajstić information content (AvgIpc) is 2.39. The van der Waals surface area contributed by atoms with Gasteiger partial charge in [-0.3, -0.25) is 0 Å². The molecule has 0 radical (unpaired) electrons. The number of nitrogens with one attached hydrogen (secondary N) is 1. The van der Waals surface area contributed by atoms with Crippen LogP contribution >= 0.6 is 15.9 Å². The zero-order valence-corrected chi connectivity index (χ0v) is 14.0. The van der Waals surface area contributed by atoms with Crippen LogP contribution in [0.5, 0.6) is 0 Å². The number of rotatable bonds is 4. The van der Waals surface area contributed by atoms with E-state index in [1.807, 2.05) is 6.92 Å². The Labute approximate surface area is 131 Å². The second kappa shape index (κ2) is 5.98. The van der Waals surface area contributed by atoms with Crippen LogP contribution in [-0.4, -0.2) is 31.2 Å². The molecule has 1 aromatic heterocycles. The molecule has 0 amide bonds. The maximum Gasteiger partial charge on any atom is 0.221 e. The molecule has 0 atom stereocenters. The van der Waals surface area contributed by atoms with E-state index in [4.69, 9.17) is 5.73 Å². The SMILES string of the molecule is CCNc1nc(N)ncc1-c1ccc(S(C)(=O)=O)cc1Br. The first kappa shape index (κ1) is 15.7. The van der Waals surface area contributed by atoms with Crippen LogP contribution in [0.4, 0.5) is 11.8 Å². The lowest BCUT2D eigenvalue weighted by Crippen LogP contribution is -2.05. The second-order valence-corrected chi connectivity index (χ2v) is 7.30. The van der Waals surface area contributed by atoms with Crippen LogP contribution in [0.2, 0.25) is 0 Å². The minimum Gasteiger partial charge on any atom is -0.370 e. The Morgan fingerprint density at radius 3 is 2.62 bits per heavy atom. The van der Waals surface area contributed by atoms with Gasteiger partial charge in [0.1, 0.15) is 5.82 Å². The number of hydrogen-bond acceptors (Lipinski definition) is 6. The Kier molecular flexibility index (Phi) is 4.48. The number of benzene rings is 1. The molecule has 0 unspecified atom stereocenters. The molecule has 21 heavy (non-hydrogen) atoms. The maximum atomic E-state index is 11.6. The summed E-state index contributed by atoms with van der Waals surface area (Å²) in [6.45, 7) is 2.63. The number of halogens is 1. The van der Waals surface area contributed by atoms with Gasteiger partial charge < -0.3 is 11.1 Å². The van der Waals surface area contributed by atoms with Crippen LogP contribution in [0.1, 0.15) is 6.92 Å². The molecule has 0 aliphatic heterocycles. The maximum absolute atomic E-state index is 11.6. The number of nitrogens with zero attached hydrogens (tertiary/aromatic N) is 2. The molecule has 0 bridgehead atoms. The van der Waals surface area contributed by atoms with Crippen LogP contribution in [0.25, 0.3) is 11.1 Å². The van der Waals surface area contributed by atoms with Crippen molar-refractivity contribution >= 4 is 37.5 Å². The van der Waals surface area contributed by atoms with Crippen molar-refractivity contribution in [1.82, 2.24) is 9.97 Å². The van der Waals surface area contributed by atoms with Crippen LogP contribution in [0.15, 0.2) is 33.8 Å². The van der Waals surface area contributed by atoms with Gasteiger partial charge in [-0.2, -0.15) is 4.98 Å². The van der Waals surface area contributed by atoms with E-state index in [9.17, 15) is 8.42 Å². The van der Waals surface area contributed by atoms with Gasteiger partial charge in [0, 0.05) is 34.6 Å². The summed E-state index contributed by atoms with van der Waals surface area (Å²) in [7, 11) is -3.25. The summed E-state index contributed by atoms with van der Waals surface area (Å²) >= 11 is 3.40. The van der Waals surface area contributed by atoms with Gasteiger partial charge in [0.25, 0.3) is 0 Å². The van der Waals surface area contributed by atoms with Gasteiger partial charge in [0.05, 0.1) is 4.90 Å². The fraction of sp³-hybridized carbons (Fsp3) is 0.231. The first-order chi connectivity index (χ1) is 9.82. The smallest absolute Gasteiger partial charge is 0.221 e. The highest BCUT2D eigenvalue weighted by Gasteiger charge is 2.14. The first-order valence-electron chi connectivity index (χ1n) is 6.19. The van der Waals surface area contributed by atoms with E-state index in [1.165, 1.54) is 6.26 Å². The van der Waals surface area contributed by atoms with Crippen molar-refractivity contribution in [2.24, 2.45) is 0 Å². The topological polar surface area (TPSA) is 98.0 Å². The Hall–Kier alpha value is -1.67. The molecule has 112 valence electrons. The lowest BCUT2D eigenvalue weighted by Gasteiger charge is -2.12. The van der Waals surface area contributed by atoms with Crippen LogP contribution in [0.3, 0.4) is 0 Å². The highest BCUT2D eigenvalue weighted by atomic mass is 79.9. The number of anilines is 2. The number of nitrogen functional groups attached to an aromatic ring is 1. The van der Waals surface area contributed by atoms with E-state index in [2.05, 4.69) is 31.2 Å². The van der Waals surface area contributed by atoms with Crippen molar-refractivity contribution in [3.8, 4) is 11.1 Å². The van der Waals surface area contributed by atoms with Crippen LogP contribution in [0, 0.1) is 0 Å². The predicted octanol–water partition coefficient (Wildman–Crippen LogP) is 2.32. The zero-order chi connectivity index (χ0) is 15.6. The zero-order valence-electron chi connectivity index (χ0n) is 11.6. The van der Waals surface area contributed by atoms with Crippen molar-refractivity contribution < 1.29 is 8.42 Å². The molecule has 2 aromatic rings. The fourth-order valence-electron chi connectivity index (χ4n) is 1.84. The third-order valence-electron chi connectivity index (χ3n) is 2.81. The minimum absolute atomic E-state index is 0.179. The highest BCUT2D eigenvalue weighted by Crippen LogP contribution is 2.34. The van der Waals surface area contributed by atoms with E-state index < -0.39 is 9.84 Å². The molecule has 1 aromatic carbocycles. The number of aromatic nitrogens is 2. The fourth-order valence-corrected chi connectivity index (χ4v) is 3.23. The van der Waals surface area contributed by atoms with Gasteiger partial charge in [-0.15, -0.1) is 0 Å². The Balaban J connectivity index is 2.57. The summed E-state index contributed by atoms with van der Waals surface area (Å²) in [4.78, 5) is 8.42.